The topological polar surface area (TPSA) is 0 Å². The highest BCUT2D eigenvalue weighted by molar-refractivity contribution is 8.22. The van der Waals surface area contributed by atoms with Crippen LogP contribution in [0, 0.1) is 0 Å². The van der Waals surface area contributed by atoms with Gasteiger partial charge in [-0.2, -0.15) is 0 Å². The van der Waals surface area contributed by atoms with E-state index in [0.717, 1.165) is 0 Å². The molecule has 0 amide bonds. The third-order valence-corrected chi connectivity index (χ3v) is 27.7. The second-order valence-electron chi connectivity index (χ2n) is 23.2. The predicted octanol–water partition coefficient (Wildman–Crippen LogP) is 14.5. The molecule has 0 saturated heterocycles. The van der Waals surface area contributed by atoms with Gasteiger partial charge in [-0.3, -0.25) is 0 Å². The monoisotopic (exact) mass is 722 g/mol. The molecule has 0 radical (unpaired) electrons. The fourth-order valence-electron chi connectivity index (χ4n) is 7.00. The average molecular weight is 723 g/mol. The van der Waals surface area contributed by atoms with Crippen LogP contribution >= 0.6 is 14.4 Å². The third kappa shape index (κ3) is 8.30. The second-order valence-corrected chi connectivity index (χ2v) is 39.4. The molecular weight excluding hydrogens is 647 g/mol. The van der Waals surface area contributed by atoms with Crippen LogP contribution in [0.2, 0.25) is 39.3 Å². The van der Waals surface area contributed by atoms with Gasteiger partial charge in [-0.1, -0.05) is 203 Å². The Morgan fingerprint density at radius 3 is 0.646 bits per heavy atom. The zero-order chi connectivity index (χ0) is 37.8. The summed E-state index contributed by atoms with van der Waals surface area (Å²) in [7, 11) is -4.44. The molecule has 0 nitrogen and oxygen atoms in total. The van der Waals surface area contributed by atoms with E-state index in [4.69, 9.17) is 0 Å². The van der Waals surface area contributed by atoms with Crippen LogP contribution < -0.4 is 9.84 Å². The molecule has 270 valence electrons. The molecule has 0 N–H and O–H groups in total. The van der Waals surface area contributed by atoms with Gasteiger partial charge in [-0.15, -0.1) is 0 Å². The first-order valence-electron chi connectivity index (χ1n) is 18.7. The quantitative estimate of drug-likeness (QED) is 0.235. The van der Waals surface area contributed by atoms with Crippen molar-refractivity contribution in [2.45, 2.75) is 196 Å². The molecule has 2 aromatic carbocycles. The SMILES string of the molecule is CC(C)(C)c1cc(C(C)(C)C)c(-p2c([Si](C)(C)C)c([Si](C)(C)C)p2-c2c(C(C)(C)C)cc(C(C)(C)C)cc2C(C)(C)C)c(C(C)(C)C)c1. The maximum atomic E-state index is 2.67. The van der Waals surface area contributed by atoms with Crippen molar-refractivity contribution < 1.29 is 0 Å². The molecule has 0 aliphatic carbocycles. The average Bonchev–Trinajstić information content (AvgIpc) is 2.77. The van der Waals surface area contributed by atoms with Crippen LogP contribution in [0.5, 0.6) is 0 Å². The van der Waals surface area contributed by atoms with E-state index in [1.165, 1.54) is 11.1 Å². The van der Waals surface area contributed by atoms with Gasteiger partial charge in [0.05, 0.1) is 16.1 Å². The van der Waals surface area contributed by atoms with Crippen molar-refractivity contribution in [3.05, 3.63) is 57.6 Å². The van der Waals surface area contributed by atoms with E-state index in [1.54, 1.807) is 32.9 Å². The highest BCUT2D eigenvalue weighted by atomic mass is 31.9. The summed E-state index contributed by atoms with van der Waals surface area (Å²) in [5.41, 5.74) is 9.84. The van der Waals surface area contributed by atoms with Gasteiger partial charge in [0, 0.05) is 10.6 Å². The molecular formula is C44H76P2Si2. The molecule has 48 heavy (non-hydrogen) atoms. The van der Waals surface area contributed by atoms with E-state index >= 15 is 0 Å². The number of rotatable bonds is 4. The van der Waals surface area contributed by atoms with Crippen LogP contribution in [0.1, 0.15) is 158 Å². The fourth-order valence-corrected chi connectivity index (χ4v) is 35.2. The van der Waals surface area contributed by atoms with Crippen LogP contribution in [0.25, 0.3) is 10.6 Å². The Bertz CT molecular complexity index is 1460. The Kier molecular flexibility index (Phi) is 10.8. The fraction of sp³-hybridized carbons (Fsp3) is 0.682. The van der Waals surface area contributed by atoms with Crippen molar-refractivity contribution in [1.82, 2.24) is 0 Å². The lowest BCUT2D eigenvalue weighted by Crippen LogP contribution is -2.57. The van der Waals surface area contributed by atoms with Gasteiger partial charge in [0.1, 0.15) is 0 Å². The lowest BCUT2D eigenvalue weighted by atomic mass is 9.75. The summed E-state index contributed by atoms with van der Waals surface area (Å²) in [4.78, 5) is 3.92. The van der Waals surface area contributed by atoms with E-state index in [1.807, 2.05) is 9.84 Å². The van der Waals surface area contributed by atoms with Gasteiger partial charge in [0.25, 0.3) is 0 Å². The molecule has 2 unspecified atom stereocenters. The first-order valence-corrected chi connectivity index (χ1v) is 29.0. The molecule has 4 heteroatoms. The van der Waals surface area contributed by atoms with E-state index in [9.17, 15) is 0 Å². The van der Waals surface area contributed by atoms with E-state index < -0.39 is 30.6 Å². The summed E-state index contributed by atoms with van der Waals surface area (Å²) < 4.78 is 0. The van der Waals surface area contributed by atoms with Gasteiger partial charge >= 0.3 is 0 Å². The van der Waals surface area contributed by atoms with Crippen molar-refractivity contribution in [2.24, 2.45) is 0 Å². The van der Waals surface area contributed by atoms with Crippen LogP contribution in [0.3, 0.4) is 0 Å². The zero-order valence-electron chi connectivity index (χ0n) is 36.2. The number of hydrogen-bond donors (Lipinski definition) is 0. The molecule has 0 bridgehead atoms. The Morgan fingerprint density at radius 1 is 0.333 bits per heavy atom. The zero-order valence-corrected chi connectivity index (χ0v) is 40.0. The Hall–Kier alpha value is -0.786. The Labute approximate surface area is 303 Å². The summed E-state index contributed by atoms with van der Waals surface area (Å²) in [6, 6.07) is 10.6. The molecule has 0 aliphatic rings. The van der Waals surface area contributed by atoms with E-state index in [2.05, 4.69) is 188 Å². The summed E-state index contributed by atoms with van der Waals surface area (Å²) in [5, 5.41) is 3.51. The molecule has 2 atom stereocenters. The van der Waals surface area contributed by atoms with Crippen LogP contribution in [-0.2, 0) is 32.5 Å². The smallest absolute Gasteiger partial charge is 0.0686 e. The lowest BCUT2D eigenvalue weighted by molar-refractivity contribution is 0.551. The summed E-state index contributed by atoms with van der Waals surface area (Å²) in [5.74, 6) is 0. The molecule has 0 aliphatic heterocycles. The van der Waals surface area contributed by atoms with E-state index in [-0.39, 0.29) is 32.5 Å². The minimum absolute atomic E-state index is 0.0508. The van der Waals surface area contributed by atoms with Crippen molar-refractivity contribution >= 4 is 40.4 Å². The molecule has 1 heterocycles. The summed E-state index contributed by atoms with van der Waals surface area (Å²) in [6.07, 6.45) is 0. The molecule has 1 aromatic heterocycles. The van der Waals surface area contributed by atoms with Crippen LogP contribution in [0.4, 0.5) is 0 Å². The third-order valence-electron chi connectivity index (χ3n) is 9.88. The van der Waals surface area contributed by atoms with Gasteiger partial charge in [0.2, 0.25) is 0 Å². The van der Waals surface area contributed by atoms with Gasteiger partial charge < -0.3 is 0 Å². The second kappa shape index (κ2) is 12.4. The Morgan fingerprint density at radius 2 is 0.521 bits per heavy atom. The molecule has 0 saturated carbocycles. The van der Waals surface area contributed by atoms with Crippen molar-refractivity contribution in [3.63, 3.8) is 0 Å². The maximum Gasteiger partial charge on any atom is 0.0838 e. The maximum absolute atomic E-state index is 2.67. The normalized spacial score (nSPS) is 15.4. The van der Waals surface area contributed by atoms with Crippen molar-refractivity contribution in [3.8, 4) is 10.6 Å². The van der Waals surface area contributed by atoms with Crippen molar-refractivity contribution in [1.29, 1.82) is 0 Å². The summed E-state index contributed by atoms with van der Waals surface area (Å²) in [6.45, 7) is 60.2. The van der Waals surface area contributed by atoms with Crippen LogP contribution in [-0.4, -0.2) is 16.1 Å². The molecule has 0 fully saturated rings. The standard InChI is InChI=1S/C44H76P2Si2/c1-39(2,3)29-25-31(41(7,8)9)35(32(26-29)42(10,11)12)45-37(47(19,20)21)38(48(22,23)24)46(45)36-33(43(13,14)15)27-30(40(4,5)6)28-34(36)44(16,17)18/h25-28H,1-24H3. The minimum Gasteiger partial charge on any atom is -0.0686 e. The van der Waals surface area contributed by atoms with E-state index in [0.29, 0.717) is 0 Å². The highest BCUT2D eigenvalue weighted by Crippen LogP contribution is 2.70. The lowest BCUT2D eigenvalue weighted by Gasteiger charge is -2.45. The van der Waals surface area contributed by atoms with Crippen LogP contribution in [0.15, 0.2) is 24.3 Å². The Balaban J connectivity index is 2.92. The molecule has 0 spiro atoms. The van der Waals surface area contributed by atoms with Gasteiger partial charge in [0.15, 0.2) is 0 Å². The number of benzene rings is 2. The highest BCUT2D eigenvalue weighted by Gasteiger charge is 2.44. The molecule has 3 aromatic rings. The van der Waals surface area contributed by atoms with Gasteiger partial charge in [-0.25, -0.2) is 0 Å². The molecule has 3 rings (SSSR count). The van der Waals surface area contributed by atoms with Crippen molar-refractivity contribution in [2.75, 3.05) is 0 Å². The summed E-state index contributed by atoms with van der Waals surface area (Å²) >= 11 is 0. The first-order chi connectivity index (χ1) is 20.9. The largest absolute Gasteiger partial charge is 0.0838 e. The predicted molar refractivity (Wildman–Crippen MR) is 233 cm³/mol. The number of hydrogen-bond acceptors (Lipinski definition) is 0. The minimum atomic E-state index is -1.69. The first kappa shape index (κ1) is 41.6. The van der Waals surface area contributed by atoms with Gasteiger partial charge in [-0.05, 0) is 75.7 Å².